The highest BCUT2D eigenvalue weighted by Crippen LogP contribution is 2.56. The molecule has 1 aliphatic carbocycles. The van der Waals surface area contributed by atoms with Crippen molar-refractivity contribution in [3.8, 4) is 0 Å². The molecule has 0 bridgehead atoms. The molecule has 1 fully saturated rings. The van der Waals surface area contributed by atoms with Gasteiger partial charge < -0.3 is 9.84 Å². The molecule has 1 saturated carbocycles. The Morgan fingerprint density at radius 1 is 1.00 bits per heavy atom. The molecule has 1 N–H and O–H groups in total. The van der Waals surface area contributed by atoms with Crippen molar-refractivity contribution in [1.29, 1.82) is 0 Å². The largest absolute Gasteiger partial charge is 0.481 e. The van der Waals surface area contributed by atoms with E-state index in [2.05, 4.69) is 11.3 Å². The van der Waals surface area contributed by atoms with Crippen molar-refractivity contribution in [2.75, 3.05) is 0 Å². The predicted molar refractivity (Wildman–Crippen MR) is 147 cm³/mol. The van der Waals surface area contributed by atoms with Crippen LogP contribution < -0.4 is 0 Å². The highest BCUT2D eigenvalue weighted by atomic mass is 32.2. The first-order valence-electron chi connectivity index (χ1n) is 12.9. The first kappa shape index (κ1) is 34.8. The van der Waals surface area contributed by atoms with Gasteiger partial charge >= 0.3 is 18.3 Å². The van der Waals surface area contributed by atoms with E-state index in [1.807, 2.05) is 13.8 Å². The minimum Gasteiger partial charge on any atom is -0.481 e. The number of carbonyl (C=O) groups is 1. The number of allylic oxidation sites excluding steroid dienone is 4. The highest BCUT2D eigenvalue weighted by molar-refractivity contribution is 7.96. The normalized spacial score (nSPS) is 19.9. The second kappa shape index (κ2) is 13.3. The molecular formula is C30H32F6O5S. The Morgan fingerprint density at radius 3 is 1.95 bits per heavy atom. The van der Waals surface area contributed by atoms with Crippen LogP contribution in [0.2, 0.25) is 0 Å². The number of aliphatic carboxylic acids is 1. The van der Waals surface area contributed by atoms with Crippen LogP contribution >= 0.6 is 0 Å². The van der Waals surface area contributed by atoms with Gasteiger partial charge in [0.1, 0.15) is 4.75 Å². The molecule has 5 nitrogen and oxygen atoms in total. The Kier molecular flexibility index (Phi) is 11.0. The highest BCUT2D eigenvalue weighted by Gasteiger charge is 2.73. The number of hydrogen-bond acceptors (Lipinski definition) is 4. The zero-order valence-corrected chi connectivity index (χ0v) is 24.0. The van der Waals surface area contributed by atoms with Crippen molar-refractivity contribution in [2.24, 2.45) is 5.92 Å². The molecular weight excluding hydrogens is 586 g/mol. The quantitative estimate of drug-likeness (QED) is 0.216. The third kappa shape index (κ3) is 6.34. The maximum absolute atomic E-state index is 14.2. The summed E-state index contributed by atoms with van der Waals surface area (Å²) < 4.78 is 115. The second-order valence-corrected chi connectivity index (χ2v) is 11.5. The fraction of sp³-hybridized carbons (Fsp3) is 0.367. The molecule has 1 aliphatic rings. The van der Waals surface area contributed by atoms with Crippen molar-refractivity contribution in [2.45, 2.75) is 62.9 Å². The lowest BCUT2D eigenvalue weighted by Gasteiger charge is -2.46. The van der Waals surface area contributed by atoms with Crippen LogP contribution in [0.5, 0.6) is 0 Å². The molecule has 230 valence electrons. The van der Waals surface area contributed by atoms with Gasteiger partial charge in [-0.25, -0.2) is 8.42 Å². The van der Waals surface area contributed by atoms with Crippen LogP contribution in [-0.2, 0) is 36.3 Å². The van der Waals surface area contributed by atoms with Crippen LogP contribution in [0.25, 0.3) is 0 Å². The second-order valence-electron chi connectivity index (χ2n) is 9.27. The third-order valence-electron chi connectivity index (χ3n) is 6.89. The predicted octanol–water partition coefficient (Wildman–Crippen LogP) is 8.00. The molecule has 2 aromatic rings. The van der Waals surface area contributed by atoms with Gasteiger partial charge in [-0.1, -0.05) is 93.3 Å². The minimum atomic E-state index is -5.94. The monoisotopic (exact) mass is 618 g/mol. The van der Waals surface area contributed by atoms with Crippen LogP contribution in [0.15, 0.2) is 90.4 Å². The van der Waals surface area contributed by atoms with Crippen LogP contribution in [-0.4, -0.2) is 31.8 Å². The van der Waals surface area contributed by atoms with E-state index in [-0.39, 0.29) is 16.0 Å². The number of halogens is 6. The first-order chi connectivity index (χ1) is 19.6. The third-order valence-corrected chi connectivity index (χ3v) is 9.42. The molecule has 0 radical (unpaired) electrons. The Hall–Kier alpha value is -3.38. The molecule has 3 rings (SSSR count). The molecule has 0 aliphatic heterocycles. The average Bonchev–Trinajstić information content (AvgIpc) is 2.89. The molecule has 0 spiro atoms. The lowest BCUT2D eigenvalue weighted by atomic mass is 9.70. The van der Waals surface area contributed by atoms with Crippen molar-refractivity contribution in [3.05, 3.63) is 107 Å². The van der Waals surface area contributed by atoms with Crippen molar-refractivity contribution >= 4 is 15.8 Å². The topological polar surface area (TPSA) is 80.7 Å². The Labute approximate surface area is 241 Å². The van der Waals surface area contributed by atoms with Gasteiger partial charge in [-0.15, -0.1) is 0 Å². The summed E-state index contributed by atoms with van der Waals surface area (Å²) in [6.45, 7) is 8.09. The van der Waals surface area contributed by atoms with E-state index in [4.69, 9.17) is 0 Å². The molecule has 0 aromatic heterocycles. The maximum Gasteiger partial charge on any atom is 0.430 e. The molecule has 42 heavy (non-hydrogen) atoms. The summed E-state index contributed by atoms with van der Waals surface area (Å²) in [5.74, 6) is -2.36. The summed E-state index contributed by atoms with van der Waals surface area (Å²) in [5.41, 5.74) is -6.10. The number of carboxylic acid groups (broad SMARTS) is 1. The van der Waals surface area contributed by atoms with Crippen molar-refractivity contribution in [1.82, 2.24) is 0 Å². The van der Waals surface area contributed by atoms with Gasteiger partial charge in [0.05, 0.1) is 17.4 Å². The SMILES string of the molecule is C=C/C(=C\C=C/C)S(=O)(=O)C1(c2ccc(C(OCc3ccccc3)(C(F)(F)F)C(F)(F)F)cc2)CC(C(=O)O)C1.CC. The Bertz CT molecular complexity index is 1370. The number of sulfone groups is 1. The van der Waals surface area contributed by atoms with E-state index < -0.39 is 69.4 Å². The van der Waals surface area contributed by atoms with Gasteiger partial charge in [-0.2, -0.15) is 26.3 Å². The van der Waals surface area contributed by atoms with Crippen molar-refractivity contribution < 1.29 is 49.4 Å². The first-order valence-corrected chi connectivity index (χ1v) is 14.4. The summed E-state index contributed by atoms with van der Waals surface area (Å²) in [7, 11) is -4.37. The van der Waals surface area contributed by atoms with Crippen LogP contribution in [0, 0.1) is 5.92 Å². The van der Waals surface area contributed by atoms with Gasteiger partial charge in [0.25, 0.3) is 5.60 Å². The van der Waals surface area contributed by atoms with Gasteiger partial charge in [0, 0.05) is 5.56 Å². The van der Waals surface area contributed by atoms with E-state index in [0.29, 0.717) is 12.1 Å². The Balaban J connectivity index is 0.00000301. The van der Waals surface area contributed by atoms with Crippen LogP contribution in [0.4, 0.5) is 26.3 Å². The van der Waals surface area contributed by atoms with Gasteiger partial charge in [0.2, 0.25) is 0 Å². The summed E-state index contributed by atoms with van der Waals surface area (Å²) in [6.07, 6.45) is -7.55. The molecule has 0 unspecified atom stereocenters. The van der Waals surface area contributed by atoms with Gasteiger partial charge in [-0.05, 0) is 37.0 Å². The number of benzene rings is 2. The molecule has 0 atom stereocenters. The van der Waals surface area contributed by atoms with Crippen molar-refractivity contribution in [3.63, 3.8) is 0 Å². The number of carboxylic acids is 1. The van der Waals surface area contributed by atoms with Gasteiger partial charge in [0.15, 0.2) is 9.84 Å². The summed E-state index contributed by atoms with van der Waals surface area (Å²) in [6, 6.07) is 9.76. The standard InChI is InChI=1S/C28H26F6O5S.C2H6/c1-3-5-11-23(4-2)40(37,38)25(16-20(17-25)24(35)36)21-12-14-22(15-13-21)26(27(29,30)31,28(32,33)34)39-18-19-9-7-6-8-10-19;1-2/h3-15,20H,2,16-18H2,1H3,(H,35,36);1-2H3/b5-3-,23-11+;. The summed E-state index contributed by atoms with van der Waals surface area (Å²) in [5, 5.41) is 9.39. The molecule has 0 amide bonds. The maximum atomic E-state index is 14.2. The van der Waals surface area contributed by atoms with E-state index in [0.717, 1.165) is 18.2 Å². The zero-order chi connectivity index (χ0) is 32.0. The fourth-order valence-corrected chi connectivity index (χ4v) is 6.93. The molecule has 0 heterocycles. The summed E-state index contributed by atoms with van der Waals surface area (Å²) in [4.78, 5) is 11.3. The zero-order valence-electron chi connectivity index (χ0n) is 23.2. The molecule has 0 saturated heterocycles. The van der Waals surface area contributed by atoms with E-state index >= 15 is 0 Å². The van der Waals surface area contributed by atoms with Gasteiger partial charge in [-0.3, -0.25) is 4.79 Å². The van der Waals surface area contributed by atoms with E-state index in [9.17, 15) is 44.7 Å². The summed E-state index contributed by atoms with van der Waals surface area (Å²) >= 11 is 0. The molecule has 2 aromatic carbocycles. The van der Waals surface area contributed by atoms with Crippen LogP contribution in [0.1, 0.15) is 50.3 Å². The van der Waals surface area contributed by atoms with Crippen LogP contribution in [0.3, 0.4) is 0 Å². The smallest absolute Gasteiger partial charge is 0.430 e. The number of hydrogen-bond donors (Lipinski definition) is 1. The Morgan fingerprint density at radius 2 is 1.52 bits per heavy atom. The fourth-order valence-electron chi connectivity index (χ4n) is 4.71. The lowest BCUT2D eigenvalue weighted by Crippen LogP contribution is -2.56. The minimum absolute atomic E-state index is 0.0705. The lowest BCUT2D eigenvalue weighted by molar-refractivity contribution is -0.392. The van der Waals surface area contributed by atoms with E-state index in [1.54, 1.807) is 6.92 Å². The average molecular weight is 619 g/mol. The molecule has 12 heteroatoms. The number of rotatable bonds is 10. The number of alkyl halides is 6. The van der Waals surface area contributed by atoms with E-state index in [1.165, 1.54) is 48.6 Å². The number of ether oxygens (including phenoxy) is 1.